The standard InChI is InChI=1S/C18H21N5O2S/c1-25-14-4-2-3-12(11-14)5-8-15(24)19-10-9-16-22-23-17(13-6-7-13)20-21-18(23)26-16/h2-4,11,13H,5-10H2,1H3,(H,19,24). The fourth-order valence-electron chi connectivity index (χ4n) is 2.85. The van der Waals surface area contributed by atoms with Crippen molar-refractivity contribution in [3.63, 3.8) is 0 Å². The Balaban J connectivity index is 1.24. The van der Waals surface area contributed by atoms with E-state index in [0.717, 1.165) is 27.1 Å². The Labute approximate surface area is 155 Å². The SMILES string of the molecule is COc1cccc(CCC(=O)NCCc2nn3c(C4CC4)nnc3s2)c1. The van der Waals surface area contributed by atoms with Crippen LogP contribution in [0.4, 0.5) is 0 Å². The molecule has 1 saturated carbocycles. The molecular weight excluding hydrogens is 350 g/mol. The van der Waals surface area contributed by atoms with Gasteiger partial charge in [0.1, 0.15) is 10.8 Å². The fourth-order valence-corrected chi connectivity index (χ4v) is 3.69. The van der Waals surface area contributed by atoms with Gasteiger partial charge in [0.2, 0.25) is 10.9 Å². The van der Waals surface area contributed by atoms with E-state index in [0.29, 0.717) is 31.7 Å². The van der Waals surface area contributed by atoms with Gasteiger partial charge in [0.05, 0.1) is 7.11 Å². The number of carbonyl (C=O) groups is 1. The molecule has 1 aliphatic rings. The Bertz CT molecular complexity index is 915. The van der Waals surface area contributed by atoms with E-state index in [-0.39, 0.29) is 5.91 Å². The van der Waals surface area contributed by atoms with E-state index in [9.17, 15) is 4.79 Å². The molecule has 4 rings (SSSR count). The first-order chi connectivity index (χ1) is 12.7. The second-order valence-corrected chi connectivity index (χ2v) is 7.51. The number of benzene rings is 1. The third-order valence-electron chi connectivity index (χ3n) is 4.44. The first-order valence-electron chi connectivity index (χ1n) is 8.83. The molecule has 8 heteroatoms. The van der Waals surface area contributed by atoms with Gasteiger partial charge in [-0.05, 0) is 37.0 Å². The lowest BCUT2D eigenvalue weighted by molar-refractivity contribution is -0.121. The summed E-state index contributed by atoms with van der Waals surface area (Å²) < 4.78 is 7.07. The second kappa shape index (κ2) is 7.41. The molecule has 2 heterocycles. The Morgan fingerprint density at radius 3 is 3.04 bits per heavy atom. The Hall–Kier alpha value is -2.48. The molecule has 0 saturated heterocycles. The highest BCUT2D eigenvalue weighted by Gasteiger charge is 2.29. The van der Waals surface area contributed by atoms with Crippen LogP contribution in [0.3, 0.4) is 0 Å². The zero-order chi connectivity index (χ0) is 17.9. The molecule has 7 nitrogen and oxygen atoms in total. The maximum Gasteiger partial charge on any atom is 0.234 e. The summed E-state index contributed by atoms with van der Waals surface area (Å²) in [6.07, 6.45) is 4.23. The van der Waals surface area contributed by atoms with Crippen LogP contribution in [0.25, 0.3) is 4.96 Å². The van der Waals surface area contributed by atoms with Crippen LogP contribution < -0.4 is 10.1 Å². The van der Waals surface area contributed by atoms with Crippen molar-refractivity contribution < 1.29 is 9.53 Å². The van der Waals surface area contributed by atoms with Gasteiger partial charge in [-0.15, -0.1) is 10.2 Å². The normalized spacial score (nSPS) is 13.9. The lowest BCUT2D eigenvalue weighted by Crippen LogP contribution is -2.25. The van der Waals surface area contributed by atoms with Crippen LogP contribution in [0.1, 0.15) is 41.6 Å². The largest absolute Gasteiger partial charge is 0.497 e. The van der Waals surface area contributed by atoms with E-state index in [4.69, 9.17) is 4.74 Å². The lowest BCUT2D eigenvalue weighted by atomic mass is 10.1. The summed E-state index contributed by atoms with van der Waals surface area (Å²) in [5.74, 6) is 2.37. The predicted molar refractivity (Wildman–Crippen MR) is 98.7 cm³/mol. The first-order valence-corrected chi connectivity index (χ1v) is 9.65. The third-order valence-corrected chi connectivity index (χ3v) is 5.39. The van der Waals surface area contributed by atoms with Crippen molar-refractivity contribution in [1.29, 1.82) is 0 Å². The highest BCUT2D eigenvalue weighted by Crippen LogP contribution is 2.39. The second-order valence-electron chi connectivity index (χ2n) is 6.47. The van der Waals surface area contributed by atoms with Crippen LogP contribution in [-0.4, -0.2) is 39.4 Å². The van der Waals surface area contributed by atoms with Crippen molar-refractivity contribution in [3.8, 4) is 5.75 Å². The van der Waals surface area contributed by atoms with Crippen LogP contribution in [0.2, 0.25) is 0 Å². The molecule has 0 bridgehead atoms. The summed E-state index contributed by atoms with van der Waals surface area (Å²) in [5, 5.41) is 16.9. The first kappa shape index (κ1) is 17.0. The van der Waals surface area contributed by atoms with Crippen molar-refractivity contribution >= 4 is 22.2 Å². The summed E-state index contributed by atoms with van der Waals surface area (Å²) in [6.45, 7) is 0.583. The van der Waals surface area contributed by atoms with Gasteiger partial charge in [0.15, 0.2) is 5.82 Å². The molecule has 1 aliphatic carbocycles. The van der Waals surface area contributed by atoms with E-state index >= 15 is 0 Å². The smallest absolute Gasteiger partial charge is 0.234 e. The quantitative estimate of drug-likeness (QED) is 0.657. The average molecular weight is 371 g/mol. The zero-order valence-electron chi connectivity index (χ0n) is 14.6. The van der Waals surface area contributed by atoms with Gasteiger partial charge in [-0.1, -0.05) is 23.5 Å². The topological polar surface area (TPSA) is 81.4 Å². The highest BCUT2D eigenvalue weighted by atomic mass is 32.1. The van der Waals surface area contributed by atoms with Gasteiger partial charge in [-0.25, -0.2) is 0 Å². The predicted octanol–water partition coefficient (Wildman–Crippen LogP) is 2.36. The van der Waals surface area contributed by atoms with Crippen molar-refractivity contribution in [2.75, 3.05) is 13.7 Å². The molecule has 0 unspecified atom stereocenters. The monoisotopic (exact) mass is 371 g/mol. The molecule has 2 aromatic heterocycles. The number of ether oxygens (including phenoxy) is 1. The van der Waals surface area contributed by atoms with E-state index < -0.39 is 0 Å². The Morgan fingerprint density at radius 2 is 2.23 bits per heavy atom. The number of amides is 1. The molecule has 0 radical (unpaired) electrons. The number of methoxy groups -OCH3 is 1. The molecule has 26 heavy (non-hydrogen) atoms. The summed E-state index contributed by atoms with van der Waals surface area (Å²) in [4.78, 5) is 12.9. The summed E-state index contributed by atoms with van der Waals surface area (Å²) >= 11 is 1.54. The van der Waals surface area contributed by atoms with Gasteiger partial charge >= 0.3 is 0 Å². The fraction of sp³-hybridized carbons (Fsp3) is 0.444. The number of rotatable bonds is 8. The van der Waals surface area contributed by atoms with Crippen LogP contribution in [0.5, 0.6) is 5.75 Å². The van der Waals surface area contributed by atoms with Crippen LogP contribution in [0, 0.1) is 0 Å². The van der Waals surface area contributed by atoms with Crippen LogP contribution in [0.15, 0.2) is 24.3 Å². The maximum absolute atomic E-state index is 12.0. The number of nitrogens with zero attached hydrogens (tertiary/aromatic N) is 4. The van der Waals surface area contributed by atoms with E-state index in [1.165, 1.54) is 12.8 Å². The van der Waals surface area contributed by atoms with E-state index in [1.54, 1.807) is 18.4 Å². The number of fused-ring (bicyclic) bond motifs is 1. The zero-order valence-corrected chi connectivity index (χ0v) is 15.5. The molecule has 3 aromatic rings. The van der Waals surface area contributed by atoms with Gasteiger partial charge in [-0.2, -0.15) is 9.61 Å². The molecule has 136 valence electrons. The highest BCUT2D eigenvalue weighted by molar-refractivity contribution is 7.16. The average Bonchev–Trinajstić information content (AvgIpc) is 3.30. The maximum atomic E-state index is 12.0. The number of nitrogens with one attached hydrogen (secondary N) is 1. The number of carbonyl (C=O) groups excluding carboxylic acids is 1. The molecule has 0 atom stereocenters. The summed E-state index contributed by atoms with van der Waals surface area (Å²) in [5.41, 5.74) is 1.10. The minimum atomic E-state index is 0.0505. The van der Waals surface area contributed by atoms with E-state index in [2.05, 4.69) is 20.6 Å². The Morgan fingerprint density at radius 1 is 1.35 bits per heavy atom. The Kier molecular flexibility index (Phi) is 4.83. The summed E-state index contributed by atoms with van der Waals surface area (Å²) in [6, 6.07) is 7.81. The van der Waals surface area contributed by atoms with Crippen molar-refractivity contribution in [3.05, 3.63) is 40.7 Å². The minimum Gasteiger partial charge on any atom is -0.497 e. The minimum absolute atomic E-state index is 0.0505. The summed E-state index contributed by atoms with van der Waals surface area (Å²) in [7, 11) is 1.64. The van der Waals surface area contributed by atoms with Crippen molar-refractivity contribution in [2.24, 2.45) is 0 Å². The third kappa shape index (κ3) is 3.85. The molecule has 1 fully saturated rings. The number of hydrogen-bond acceptors (Lipinski definition) is 6. The lowest BCUT2D eigenvalue weighted by Gasteiger charge is -2.05. The molecule has 1 aromatic carbocycles. The molecular formula is C18H21N5O2S. The molecule has 1 amide bonds. The number of hydrogen-bond donors (Lipinski definition) is 1. The van der Waals surface area contributed by atoms with Gasteiger partial charge in [0, 0.05) is 25.3 Å². The van der Waals surface area contributed by atoms with Gasteiger partial charge in [-0.3, -0.25) is 4.79 Å². The van der Waals surface area contributed by atoms with Crippen molar-refractivity contribution in [1.82, 2.24) is 25.1 Å². The van der Waals surface area contributed by atoms with Crippen LogP contribution >= 0.6 is 11.3 Å². The molecule has 0 aliphatic heterocycles. The van der Waals surface area contributed by atoms with Crippen LogP contribution in [-0.2, 0) is 17.6 Å². The molecule has 1 N–H and O–H groups in total. The molecule has 0 spiro atoms. The van der Waals surface area contributed by atoms with Gasteiger partial charge in [0.25, 0.3) is 0 Å². The van der Waals surface area contributed by atoms with Gasteiger partial charge < -0.3 is 10.1 Å². The number of aromatic nitrogens is 4. The number of aryl methyl sites for hydroxylation is 1. The van der Waals surface area contributed by atoms with Crippen molar-refractivity contribution in [2.45, 2.75) is 38.0 Å². The van der Waals surface area contributed by atoms with E-state index in [1.807, 2.05) is 28.8 Å².